The number of hydrogen-bond donors (Lipinski definition) is 2. The summed E-state index contributed by atoms with van der Waals surface area (Å²) in [6, 6.07) is 16.4. The molecular weight excluding hydrogens is 379 g/mol. The van der Waals surface area contributed by atoms with Crippen LogP contribution in [-0.2, 0) is 4.79 Å². The van der Waals surface area contributed by atoms with Gasteiger partial charge in [-0.25, -0.2) is 4.39 Å². The number of hydrogen-bond acceptors (Lipinski definition) is 5. The molecular formula is C20H22FN4O2S+. The maximum absolute atomic E-state index is 13.8. The summed E-state index contributed by atoms with van der Waals surface area (Å²) in [6.07, 6.45) is 0. The van der Waals surface area contributed by atoms with Crippen LogP contribution in [0.2, 0.25) is 0 Å². The van der Waals surface area contributed by atoms with Gasteiger partial charge in [0, 0.05) is 5.56 Å². The van der Waals surface area contributed by atoms with Crippen LogP contribution in [0.25, 0.3) is 11.5 Å². The molecule has 146 valence electrons. The van der Waals surface area contributed by atoms with E-state index in [9.17, 15) is 9.18 Å². The van der Waals surface area contributed by atoms with Crippen LogP contribution in [0.4, 0.5) is 4.39 Å². The molecule has 0 fully saturated rings. The molecule has 6 nitrogen and oxygen atoms in total. The third-order valence-corrected chi connectivity index (χ3v) is 5.06. The van der Waals surface area contributed by atoms with Gasteiger partial charge in [-0.05, 0) is 12.1 Å². The fraction of sp³-hybridized carbons (Fsp3) is 0.250. The Morgan fingerprint density at radius 1 is 1.14 bits per heavy atom. The van der Waals surface area contributed by atoms with E-state index >= 15 is 0 Å². The summed E-state index contributed by atoms with van der Waals surface area (Å²) in [7, 11) is 4.11. The van der Waals surface area contributed by atoms with E-state index in [4.69, 9.17) is 4.42 Å². The maximum atomic E-state index is 13.8. The molecule has 2 aromatic carbocycles. The molecule has 1 atom stereocenters. The monoisotopic (exact) mass is 401 g/mol. The SMILES string of the molecule is C[NH+](C)[C@H](CNC(=O)CSc1nnc(-c2ccccc2F)o1)c1ccccc1. The van der Waals surface area contributed by atoms with Crippen molar-refractivity contribution in [3.8, 4) is 11.5 Å². The summed E-state index contributed by atoms with van der Waals surface area (Å²) in [5.74, 6) is -0.318. The normalized spacial score (nSPS) is 12.1. The van der Waals surface area contributed by atoms with Gasteiger partial charge in [0.15, 0.2) is 0 Å². The van der Waals surface area contributed by atoms with Gasteiger partial charge in [0.25, 0.3) is 11.1 Å². The van der Waals surface area contributed by atoms with Gasteiger partial charge in [-0.3, -0.25) is 4.79 Å². The second-order valence-corrected chi connectivity index (χ2v) is 7.41. The zero-order valence-electron chi connectivity index (χ0n) is 15.7. The Bertz CT molecular complexity index is 917. The third-order valence-electron chi connectivity index (χ3n) is 4.24. The molecule has 2 N–H and O–H groups in total. The Balaban J connectivity index is 1.53. The number of nitrogens with one attached hydrogen (secondary N) is 2. The van der Waals surface area contributed by atoms with E-state index in [0.717, 1.165) is 11.8 Å². The number of carbonyl (C=O) groups is 1. The molecule has 0 aliphatic rings. The number of halogens is 1. The van der Waals surface area contributed by atoms with Gasteiger partial charge in [-0.15, -0.1) is 10.2 Å². The highest BCUT2D eigenvalue weighted by Gasteiger charge is 2.19. The van der Waals surface area contributed by atoms with Gasteiger partial charge in [-0.1, -0.05) is 54.2 Å². The van der Waals surface area contributed by atoms with Crippen molar-refractivity contribution in [3.63, 3.8) is 0 Å². The maximum Gasteiger partial charge on any atom is 0.277 e. The fourth-order valence-electron chi connectivity index (χ4n) is 2.75. The molecule has 0 aliphatic carbocycles. The summed E-state index contributed by atoms with van der Waals surface area (Å²) < 4.78 is 19.2. The number of quaternary nitrogens is 1. The van der Waals surface area contributed by atoms with E-state index in [-0.39, 0.29) is 34.4 Å². The van der Waals surface area contributed by atoms with E-state index < -0.39 is 5.82 Å². The van der Waals surface area contributed by atoms with Crippen molar-refractivity contribution in [3.05, 3.63) is 66.0 Å². The Morgan fingerprint density at radius 3 is 2.57 bits per heavy atom. The van der Waals surface area contributed by atoms with Crippen LogP contribution in [0.3, 0.4) is 0 Å². The molecule has 1 heterocycles. The molecule has 3 aromatic rings. The van der Waals surface area contributed by atoms with Crippen LogP contribution < -0.4 is 10.2 Å². The lowest BCUT2D eigenvalue weighted by atomic mass is 10.1. The minimum absolute atomic E-state index is 0.0985. The quantitative estimate of drug-likeness (QED) is 0.565. The molecule has 3 rings (SSSR count). The first-order valence-corrected chi connectivity index (χ1v) is 9.86. The summed E-state index contributed by atoms with van der Waals surface area (Å²) in [4.78, 5) is 13.4. The van der Waals surface area contributed by atoms with E-state index in [1.165, 1.54) is 16.5 Å². The van der Waals surface area contributed by atoms with Crippen molar-refractivity contribution in [2.24, 2.45) is 0 Å². The molecule has 1 amide bonds. The van der Waals surface area contributed by atoms with Gasteiger partial charge < -0.3 is 14.6 Å². The molecule has 0 saturated carbocycles. The highest BCUT2D eigenvalue weighted by atomic mass is 32.2. The Labute approximate surface area is 167 Å². The predicted octanol–water partition coefficient (Wildman–Crippen LogP) is 1.97. The van der Waals surface area contributed by atoms with Gasteiger partial charge in [-0.2, -0.15) is 0 Å². The molecule has 1 aromatic heterocycles. The van der Waals surface area contributed by atoms with Crippen molar-refractivity contribution < 1.29 is 18.5 Å². The number of amides is 1. The molecule has 0 aliphatic heterocycles. The molecule has 8 heteroatoms. The van der Waals surface area contributed by atoms with Gasteiger partial charge >= 0.3 is 0 Å². The van der Waals surface area contributed by atoms with Gasteiger partial charge in [0.1, 0.15) is 11.9 Å². The Kier molecular flexibility index (Phi) is 6.78. The van der Waals surface area contributed by atoms with Crippen LogP contribution in [0.1, 0.15) is 11.6 Å². The smallest absolute Gasteiger partial charge is 0.277 e. The van der Waals surface area contributed by atoms with Crippen LogP contribution in [0.5, 0.6) is 0 Å². The van der Waals surface area contributed by atoms with Gasteiger partial charge in [0.2, 0.25) is 5.91 Å². The zero-order chi connectivity index (χ0) is 19.9. The van der Waals surface area contributed by atoms with Crippen LogP contribution in [-0.4, -0.2) is 42.5 Å². The predicted molar refractivity (Wildman–Crippen MR) is 105 cm³/mol. The van der Waals surface area contributed by atoms with Crippen molar-refractivity contribution in [1.82, 2.24) is 15.5 Å². The van der Waals surface area contributed by atoms with Crippen LogP contribution in [0, 0.1) is 5.82 Å². The van der Waals surface area contributed by atoms with Crippen molar-refractivity contribution in [1.29, 1.82) is 0 Å². The lowest BCUT2D eigenvalue weighted by molar-refractivity contribution is -0.890. The standard InChI is InChI=1S/C20H21FN4O2S/c1-25(2)17(14-8-4-3-5-9-14)12-22-18(26)13-28-20-24-23-19(27-20)15-10-6-7-11-16(15)21/h3-11,17H,12-13H2,1-2H3,(H,22,26)/p+1/t17-/m1/s1. The molecule has 0 spiro atoms. The zero-order valence-corrected chi connectivity index (χ0v) is 16.5. The number of aromatic nitrogens is 2. The molecule has 28 heavy (non-hydrogen) atoms. The first kappa shape index (κ1) is 20.0. The Hall–Kier alpha value is -2.71. The number of benzene rings is 2. The molecule has 0 radical (unpaired) electrons. The summed E-state index contributed by atoms with van der Waals surface area (Å²) >= 11 is 1.12. The first-order valence-electron chi connectivity index (χ1n) is 8.87. The number of rotatable bonds is 8. The average Bonchev–Trinajstić information content (AvgIpc) is 3.16. The largest absolute Gasteiger partial charge is 0.411 e. The highest BCUT2D eigenvalue weighted by molar-refractivity contribution is 7.99. The number of nitrogens with zero attached hydrogens (tertiary/aromatic N) is 2. The summed E-state index contributed by atoms with van der Waals surface area (Å²) in [5, 5.41) is 10.9. The molecule has 0 unspecified atom stereocenters. The number of likely N-dealkylation sites (N-methyl/N-ethyl adjacent to an activating group) is 1. The van der Waals surface area contributed by atoms with E-state index in [0.29, 0.717) is 6.54 Å². The average molecular weight is 401 g/mol. The van der Waals surface area contributed by atoms with E-state index in [1.54, 1.807) is 18.2 Å². The lowest BCUT2D eigenvalue weighted by Crippen LogP contribution is -3.07. The topological polar surface area (TPSA) is 72.5 Å². The highest BCUT2D eigenvalue weighted by Crippen LogP contribution is 2.24. The Morgan fingerprint density at radius 2 is 1.86 bits per heavy atom. The fourth-order valence-corrected chi connectivity index (χ4v) is 3.34. The summed E-state index contributed by atoms with van der Waals surface area (Å²) in [6.45, 7) is 0.524. The van der Waals surface area contributed by atoms with Gasteiger partial charge in [0.05, 0.1) is 32.0 Å². The van der Waals surface area contributed by atoms with Crippen molar-refractivity contribution in [2.75, 3.05) is 26.4 Å². The second kappa shape index (κ2) is 9.48. The van der Waals surface area contributed by atoms with Crippen LogP contribution in [0.15, 0.2) is 64.2 Å². The molecule has 0 saturated heterocycles. The lowest BCUT2D eigenvalue weighted by Gasteiger charge is -2.22. The van der Waals surface area contributed by atoms with Crippen LogP contribution >= 0.6 is 11.8 Å². The van der Waals surface area contributed by atoms with Crippen molar-refractivity contribution in [2.45, 2.75) is 11.3 Å². The minimum atomic E-state index is -0.432. The molecule has 0 bridgehead atoms. The number of carbonyl (C=O) groups excluding carboxylic acids is 1. The third kappa shape index (κ3) is 5.17. The minimum Gasteiger partial charge on any atom is -0.411 e. The number of thioether (sulfide) groups is 1. The van der Waals surface area contributed by atoms with E-state index in [1.807, 2.05) is 18.2 Å². The van der Waals surface area contributed by atoms with Crippen molar-refractivity contribution >= 4 is 17.7 Å². The summed E-state index contributed by atoms with van der Waals surface area (Å²) in [5.41, 5.74) is 1.41. The first-order chi connectivity index (χ1) is 13.5. The van der Waals surface area contributed by atoms with E-state index in [2.05, 4.69) is 41.7 Å². The second-order valence-electron chi connectivity index (χ2n) is 6.49.